The van der Waals surface area contributed by atoms with E-state index in [1.165, 1.54) is 32.1 Å². The number of ether oxygens (including phenoxy) is 1. The molecule has 2 nitrogen and oxygen atoms in total. The van der Waals surface area contributed by atoms with Crippen molar-refractivity contribution in [2.24, 2.45) is 17.3 Å². The molecule has 122 valence electrons. The zero-order valence-electron chi connectivity index (χ0n) is 14.9. The first kappa shape index (κ1) is 18.3. The molecule has 0 saturated heterocycles. The van der Waals surface area contributed by atoms with E-state index in [-0.39, 0.29) is 17.5 Å². The van der Waals surface area contributed by atoms with E-state index in [1.54, 1.807) is 0 Å². The van der Waals surface area contributed by atoms with E-state index in [0.717, 1.165) is 5.57 Å². The number of carbonyl (C=O) groups is 1. The third-order valence-corrected chi connectivity index (χ3v) is 5.35. The molecule has 21 heavy (non-hydrogen) atoms. The van der Waals surface area contributed by atoms with Gasteiger partial charge in [-0.2, -0.15) is 0 Å². The Morgan fingerprint density at radius 2 is 1.71 bits per heavy atom. The molecule has 0 N–H and O–H groups in total. The van der Waals surface area contributed by atoms with Gasteiger partial charge in [-0.1, -0.05) is 38.7 Å². The van der Waals surface area contributed by atoms with Crippen LogP contribution in [0.2, 0.25) is 0 Å². The molecule has 0 aromatic carbocycles. The minimum absolute atomic E-state index is 0.0592. The summed E-state index contributed by atoms with van der Waals surface area (Å²) in [5, 5.41) is 0. The smallest absolute Gasteiger partial charge is 0.312 e. The van der Waals surface area contributed by atoms with Crippen LogP contribution in [0.3, 0.4) is 0 Å². The van der Waals surface area contributed by atoms with E-state index in [9.17, 15) is 4.79 Å². The van der Waals surface area contributed by atoms with Crippen LogP contribution >= 0.6 is 0 Å². The summed E-state index contributed by atoms with van der Waals surface area (Å²) in [7, 11) is 0. The second kappa shape index (κ2) is 6.98. The fourth-order valence-corrected chi connectivity index (χ4v) is 3.38. The van der Waals surface area contributed by atoms with E-state index in [2.05, 4.69) is 34.3 Å². The van der Waals surface area contributed by atoms with Crippen LogP contribution in [0.5, 0.6) is 0 Å². The van der Waals surface area contributed by atoms with Gasteiger partial charge in [-0.15, -0.1) is 6.58 Å². The molecule has 1 rings (SSSR count). The second-order valence-corrected chi connectivity index (χ2v) is 8.03. The van der Waals surface area contributed by atoms with Crippen LogP contribution in [0.1, 0.15) is 80.1 Å². The van der Waals surface area contributed by atoms with Crippen LogP contribution in [0.15, 0.2) is 12.2 Å². The average molecular weight is 294 g/mol. The maximum absolute atomic E-state index is 12.8. The number of carbonyl (C=O) groups excluding carboxylic acids is 1. The maximum atomic E-state index is 12.8. The molecule has 0 aromatic rings. The lowest BCUT2D eigenvalue weighted by Gasteiger charge is -2.40. The molecule has 1 fully saturated rings. The Morgan fingerprint density at radius 1 is 1.19 bits per heavy atom. The molecular formula is C19H34O2. The SMILES string of the molecule is C=C(C)CC(C)(C(=O)OC(C)(C)C1CCCCC1)C(C)C. The molecule has 1 unspecified atom stereocenters. The highest BCUT2D eigenvalue weighted by molar-refractivity contribution is 5.77. The van der Waals surface area contributed by atoms with Crippen molar-refractivity contribution < 1.29 is 9.53 Å². The number of hydrogen-bond acceptors (Lipinski definition) is 2. The van der Waals surface area contributed by atoms with Gasteiger partial charge < -0.3 is 4.74 Å². The van der Waals surface area contributed by atoms with Crippen LogP contribution in [0.4, 0.5) is 0 Å². The predicted molar refractivity (Wildman–Crippen MR) is 89.1 cm³/mol. The first-order valence-corrected chi connectivity index (χ1v) is 8.47. The van der Waals surface area contributed by atoms with Crippen LogP contribution in [0.25, 0.3) is 0 Å². The first-order chi connectivity index (χ1) is 9.59. The lowest BCUT2D eigenvalue weighted by Crippen LogP contribution is -2.44. The van der Waals surface area contributed by atoms with Crippen molar-refractivity contribution >= 4 is 5.97 Å². The zero-order chi connectivity index (χ0) is 16.3. The average Bonchev–Trinajstić information content (AvgIpc) is 2.38. The summed E-state index contributed by atoms with van der Waals surface area (Å²) >= 11 is 0. The van der Waals surface area contributed by atoms with Crippen LogP contribution < -0.4 is 0 Å². The summed E-state index contributed by atoms with van der Waals surface area (Å²) in [5.74, 6) is 0.677. The van der Waals surface area contributed by atoms with Crippen LogP contribution in [-0.2, 0) is 9.53 Å². The molecular weight excluding hydrogens is 260 g/mol. The summed E-state index contributed by atoms with van der Waals surface area (Å²) in [6, 6.07) is 0. The Bertz CT molecular complexity index is 375. The zero-order valence-corrected chi connectivity index (χ0v) is 14.9. The van der Waals surface area contributed by atoms with Crippen molar-refractivity contribution in [3.63, 3.8) is 0 Å². The van der Waals surface area contributed by atoms with E-state index >= 15 is 0 Å². The van der Waals surface area contributed by atoms with Crippen LogP contribution in [-0.4, -0.2) is 11.6 Å². The van der Waals surface area contributed by atoms with Gasteiger partial charge in [0.2, 0.25) is 0 Å². The lowest BCUT2D eigenvalue weighted by atomic mass is 9.74. The lowest BCUT2D eigenvalue weighted by molar-refractivity contribution is -0.177. The number of rotatable bonds is 6. The summed E-state index contributed by atoms with van der Waals surface area (Å²) in [5.41, 5.74) is 0.208. The molecule has 0 aliphatic heterocycles. The summed E-state index contributed by atoms with van der Waals surface area (Å²) in [6.45, 7) is 16.4. The van der Waals surface area contributed by atoms with Gasteiger partial charge in [0.25, 0.3) is 0 Å². The molecule has 0 aromatic heterocycles. The minimum atomic E-state index is -0.474. The molecule has 1 saturated carbocycles. The highest BCUT2D eigenvalue weighted by Gasteiger charge is 2.43. The second-order valence-electron chi connectivity index (χ2n) is 8.03. The standard InChI is InChI=1S/C19H34O2/c1-14(2)13-19(7,15(3)4)17(20)21-18(5,6)16-11-9-8-10-12-16/h15-16H,1,8-13H2,2-7H3. The molecule has 0 spiro atoms. The third-order valence-electron chi connectivity index (χ3n) is 5.35. The Balaban J connectivity index is 2.82. The Morgan fingerprint density at radius 3 is 2.14 bits per heavy atom. The maximum Gasteiger partial charge on any atom is 0.312 e. The summed E-state index contributed by atoms with van der Waals surface area (Å²) in [4.78, 5) is 12.8. The van der Waals surface area contributed by atoms with Gasteiger partial charge in [-0.25, -0.2) is 0 Å². The molecule has 2 heteroatoms. The number of hydrogen-bond donors (Lipinski definition) is 0. The summed E-state index contributed by atoms with van der Waals surface area (Å²) in [6.07, 6.45) is 6.90. The molecule has 0 heterocycles. The topological polar surface area (TPSA) is 26.3 Å². The Hall–Kier alpha value is -0.790. The van der Waals surface area contributed by atoms with Gasteiger partial charge in [-0.3, -0.25) is 4.79 Å². The third kappa shape index (κ3) is 4.59. The van der Waals surface area contributed by atoms with E-state index < -0.39 is 5.41 Å². The molecule has 0 radical (unpaired) electrons. The quantitative estimate of drug-likeness (QED) is 0.476. The Kier molecular flexibility index (Phi) is 6.07. The van der Waals surface area contributed by atoms with Gasteiger partial charge in [0.15, 0.2) is 0 Å². The van der Waals surface area contributed by atoms with Gasteiger partial charge >= 0.3 is 5.97 Å². The first-order valence-electron chi connectivity index (χ1n) is 8.47. The van der Waals surface area contributed by atoms with Crippen molar-refractivity contribution in [2.75, 3.05) is 0 Å². The number of esters is 1. The molecule has 1 aliphatic rings. The highest BCUT2D eigenvalue weighted by Crippen LogP contribution is 2.40. The van der Waals surface area contributed by atoms with Gasteiger partial charge in [0, 0.05) is 0 Å². The fraction of sp³-hybridized carbons (Fsp3) is 0.842. The van der Waals surface area contributed by atoms with Gasteiger partial charge in [0.1, 0.15) is 5.60 Å². The largest absolute Gasteiger partial charge is 0.459 e. The van der Waals surface area contributed by atoms with Crippen molar-refractivity contribution in [1.29, 1.82) is 0 Å². The monoisotopic (exact) mass is 294 g/mol. The van der Waals surface area contributed by atoms with Crippen molar-refractivity contribution in [3.05, 3.63) is 12.2 Å². The fourth-order valence-electron chi connectivity index (χ4n) is 3.38. The molecule has 0 amide bonds. The minimum Gasteiger partial charge on any atom is -0.459 e. The Labute approximate surface area is 131 Å². The normalized spacial score (nSPS) is 20.1. The molecule has 0 bridgehead atoms. The van der Waals surface area contributed by atoms with Crippen LogP contribution in [0, 0.1) is 17.3 Å². The van der Waals surface area contributed by atoms with Gasteiger partial charge in [-0.05, 0) is 58.8 Å². The van der Waals surface area contributed by atoms with E-state index in [4.69, 9.17) is 4.74 Å². The van der Waals surface area contributed by atoms with E-state index in [1.807, 2.05) is 13.8 Å². The molecule has 1 aliphatic carbocycles. The highest BCUT2D eigenvalue weighted by atomic mass is 16.6. The van der Waals surface area contributed by atoms with Crippen molar-refractivity contribution in [2.45, 2.75) is 85.7 Å². The predicted octanol–water partition coefficient (Wildman–Crippen LogP) is 5.52. The van der Waals surface area contributed by atoms with Crippen molar-refractivity contribution in [3.8, 4) is 0 Å². The van der Waals surface area contributed by atoms with Crippen molar-refractivity contribution in [1.82, 2.24) is 0 Å². The van der Waals surface area contributed by atoms with Gasteiger partial charge in [0.05, 0.1) is 5.41 Å². The number of allylic oxidation sites excluding steroid dienone is 1. The van der Waals surface area contributed by atoms with E-state index in [0.29, 0.717) is 12.3 Å². The summed E-state index contributed by atoms with van der Waals surface area (Å²) < 4.78 is 6.02. The molecule has 1 atom stereocenters.